The Kier molecular flexibility index (Phi) is 6.03. The van der Waals surface area contributed by atoms with Crippen molar-refractivity contribution in [3.8, 4) is 0 Å². The molecule has 0 aromatic heterocycles. The molecule has 1 aromatic rings. The first-order valence-electron chi connectivity index (χ1n) is 7.00. The number of carboxylic acid groups (broad SMARTS) is 1. The Morgan fingerprint density at radius 1 is 1.32 bits per heavy atom. The van der Waals surface area contributed by atoms with E-state index in [1.165, 1.54) is 6.07 Å². The number of nitro benzene ring substituents is 1. The smallest absolute Gasteiger partial charge is 0.303 e. The van der Waals surface area contributed by atoms with Gasteiger partial charge in [-0.15, -0.1) is 0 Å². The molecule has 1 amide bonds. The van der Waals surface area contributed by atoms with Gasteiger partial charge >= 0.3 is 5.97 Å². The molecule has 120 valence electrons. The van der Waals surface area contributed by atoms with Crippen LogP contribution in [0.2, 0.25) is 0 Å². The molecule has 0 bridgehead atoms. The Bertz CT molecular complexity index is 583. The third-order valence-electron chi connectivity index (χ3n) is 3.25. The fourth-order valence-electron chi connectivity index (χ4n) is 2.07. The van der Waals surface area contributed by atoms with Crippen molar-refractivity contribution in [2.45, 2.75) is 33.1 Å². The number of carboxylic acids is 1. The summed E-state index contributed by atoms with van der Waals surface area (Å²) in [4.78, 5) is 33.2. The van der Waals surface area contributed by atoms with Gasteiger partial charge in [-0.1, -0.05) is 26.8 Å². The lowest BCUT2D eigenvalue weighted by molar-refractivity contribution is -0.385. The van der Waals surface area contributed by atoms with Crippen LogP contribution in [-0.4, -0.2) is 28.5 Å². The summed E-state index contributed by atoms with van der Waals surface area (Å²) in [7, 11) is 0. The average molecular weight is 308 g/mol. The molecule has 0 heterocycles. The van der Waals surface area contributed by atoms with Gasteiger partial charge in [0.2, 0.25) is 0 Å². The Balaban J connectivity index is 2.84. The van der Waals surface area contributed by atoms with Gasteiger partial charge in [0, 0.05) is 30.2 Å². The molecule has 0 spiro atoms. The van der Waals surface area contributed by atoms with Crippen LogP contribution >= 0.6 is 0 Å². The normalized spacial score (nSPS) is 12.0. The first-order chi connectivity index (χ1) is 10.2. The number of amides is 1. The van der Waals surface area contributed by atoms with Crippen molar-refractivity contribution in [3.05, 3.63) is 39.4 Å². The van der Waals surface area contributed by atoms with E-state index >= 15 is 0 Å². The number of rotatable bonds is 7. The van der Waals surface area contributed by atoms with Crippen LogP contribution in [0.4, 0.5) is 5.69 Å². The van der Waals surface area contributed by atoms with Crippen LogP contribution in [0.15, 0.2) is 18.2 Å². The standard InChI is InChI=1S/C15H20N2O5/c1-9(2)12-5-4-11(7-13(12)17(21)22)15(20)16-8-10(3)6-14(18)19/h4-5,7,9-10H,6,8H2,1-3H3,(H,16,20)(H,18,19). The lowest BCUT2D eigenvalue weighted by Crippen LogP contribution is -2.29. The first-order valence-corrected chi connectivity index (χ1v) is 7.00. The second-order valence-electron chi connectivity index (χ2n) is 5.60. The second-order valence-corrected chi connectivity index (χ2v) is 5.60. The molecular weight excluding hydrogens is 288 g/mol. The molecule has 1 aromatic carbocycles. The maximum Gasteiger partial charge on any atom is 0.303 e. The van der Waals surface area contributed by atoms with E-state index in [4.69, 9.17) is 5.11 Å². The molecule has 0 aliphatic heterocycles. The summed E-state index contributed by atoms with van der Waals surface area (Å²) in [6.07, 6.45) is -0.0489. The van der Waals surface area contributed by atoms with Gasteiger partial charge in [-0.2, -0.15) is 0 Å². The van der Waals surface area contributed by atoms with Crippen molar-refractivity contribution in [1.29, 1.82) is 0 Å². The summed E-state index contributed by atoms with van der Waals surface area (Å²) >= 11 is 0. The van der Waals surface area contributed by atoms with E-state index in [1.807, 2.05) is 13.8 Å². The summed E-state index contributed by atoms with van der Waals surface area (Å²) in [6, 6.07) is 4.38. The molecule has 7 heteroatoms. The fraction of sp³-hybridized carbons (Fsp3) is 0.467. The zero-order chi connectivity index (χ0) is 16.9. The SMILES string of the molecule is CC(CNC(=O)c1ccc(C(C)C)c([N+](=O)[O-])c1)CC(=O)O. The van der Waals surface area contributed by atoms with E-state index in [-0.39, 0.29) is 36.1 Å². The Hall–Kier alpha value is -2.44. The number of carbonyl (C=O) groups is 2. The average Bonchev–Trinajstić information content (AvgIpc) is 2.43. The van der Waals surface area contributed by atoms with Crippen LogP contribution in [-0.2, 0) is 4.79 Å². The van der Waals surface area contributed by atoms with Crippen LogP contribution in [0, 0.1) is 16.0 Å². The highest BCUT2D eigenvalue weighted by molar-refractivity contribution is 5.95. The molecule has 0 radical (unpaired) electrons. The predicted molar refractivity (Wildman–Crippen MR) is 80.9 cm³/mol. The highest BCUT2D eigenvalue weighted by Crippen LogP contribution is 2.27. The van der Waals surface area contributed by atoms with Crippen molar-refractivity contribution in [3.63, 3.8) is 0 Å². The molecule has 1 atom stereocenters. The number of nitro groups is 1. The number of nitrogens with one attached hydrogen (secondary N) is 1. The van der Waals surface area contributed by atoms with Gasteiger partial charge in [-0.05, 0) is 17.9 Å². The number of carbonyl (C=O) groups excluding carboxylic acids is 1. The Morgan fingerprint density at radius 3 is 2.45 bits per heavy atom. The van der Waals surface area contributed by atoms with Crippen molar-refractivity contribution in [1.82, 2.24) is 5.32 Å². The monoisotopic (exact) mass is 308 g/mol. The number of benzene rings is 1. The zero-order valence-corrected chi connectivity index (χ0v) is 12.8. The molecule has 7 nitrogen and oxygen atoms in total. The van der Waals surface area contributed by atoms with Crippen LogP contribution in [0.1, 0.15) is 49.0 Å². The molecule has 0 aliphatic carbocycles. The fourth-order valence-corrected chi connectivity index (χ4v) is 2.07. The van der Waals surface area contributed by atoms with Crippen LogP contribution < -0.4 is 5.32 Å². The van der Waals surface area contributed by atoms with Crippen molar-refractivity contribution >= 4 is 17.6 Å². The first kappa shape index (κ1) is 17.6. The summed E-state index contributed by atoms with van der Waals surface area (Å²) in [5.41, 5.74) is 0.681. The van der Waals surface area contributed by atoms with E-state index in [2.05, 4.69) is 5.32 Å². The Morgan fingerprint density at radius 2 is 1.95 bits per heavy atom. The summed E-state index contributed by atoms with van der Waals surface area (Å²) < 4.78 is 0. The molecule has 2 N–H and O–H groups in total. The van der Waals surface area contributed by atoms with E-state index in [0.717, 1.165) is 0 Å². The van der Waals surface area contributed by atoms with Gasteiger partial charge in [0.15, 0.2) is 0 Å². The van der Waals surface area contributed by atoms with E-state index in [9.17, 15) is 19.7 Å². The highest BCUT2D eigenvalue weighted by atomic mass is 16.6. The minimum absolute atomic E-state index is 0.0203. The van der Waals surface area contributed by atoms with Crippen LogP contribution in [0.25, 0.3) is 0 Å². The molecule has 22 heavy (non-hydrogen) atoms. The quantitative estimate of drug-likeness (QED) is 0.594. The number of hydrogen-bond acceptors (Lipinski definition) is 4. The van der Waals surface area contributed by atoms with Gasteiger partial charge < -0.3 is 10.4 Å². The second kappa shape index (κ2) is 7.53. The van der Waals surface area contributed by atoms with Crippen molar-refractivity contribution < 1.29 is 19.6 Å². The Labute approximate surface area is 128 Å². The van der Waals surface area contributed by atoms with Gasteiger partial charge in [-0.3, -0.25) is 19.7 Å². The molecular formula is C15H20N2O5. The van der Waals surface area contributed by atoms with Gasteiger partial charge in [0.25, 0.3) is 11.6 Å². The largest absolute Gasteiger partial charge is 0.481 e. The summed E-state index contributed by atoms with van der Waals surface area (Å²) in [5.74, 6) is -1.62. The predicted octanol–water partition coefficient (Wildman–Crippen LogP) is 2.56. The molecule has 0 saturated heterocycles. The molecule has 0 fully saturated rings. The third kappa shape index (κ3) is 4.83. The summed E-state index contributed by atoms with van der Waals surface area (Å²) in [6.45, 7) is 5.59. The molecule has 0 aliphatic rings. The van der Waals surface area contributed by atoms with Crippen LogP contribution in [0.5, 0.6) is 0 Å². The van der Waals surface area contributed by atoms with Crippen molar-refractivity contribution in [2.24, 2.45) is 5.92 Å². The lowest BCUT2D eigenvalue weighted by atomic mass is 9.99. The number of aliphatic carboxylic acids is 1. The highest BCUT2D eigenvalue weighted by Gasteiger charge is 2.19. The summed E-state index contributed by atoms with van der Waals surface area (Å²) in [5, 5.41) is 22.3. The zero-order valence-electron chi connectivity index (χ0n) is 12.8. The van der Waals surface area contributed by atoms with Crippen molar-refractivity contribution in [2.75, 3.05) is 6.54 Å². The van der Waals surface area contributed by atoms with Crippen LogP contribution in [0.3, 0.4) is 0 Å². The maximum atomic E-state index is 12.0. The topological polar surface area (TPSA) is 110 Å². The number of hydrogen-bond donors (Lipinski definition) is 2. The molecule has 1 unspecified atom stereocenters. The minimum Gasteiger partial charge on any atom is -0.481 e. The minimum atomic E-state index is -0.932. The van der Waals surface area contributed by atoms with E-state index in [0.29, 0.717) is 5.56 Å². The van der Waals surface area contributed by atoms with Gasteiger partial charge in [0.1, 0.15) is 0 Å². The van der Waals surface area contributed by atoms with E-state index in [1.54, 1.807) is 19.1 Å². The van der Waals surface area contributed by atoms with Gasteiger partial charge in [-0.25, -0.2) is 0 Å². The molecule has 1 rings (SSSR count). The molecule has 0 saturated carbocycles. The van der Waals surface area contributed by atoms with E-state index < -0.39 is 16.8 Å². The number of nitrogens with zero attached hydrogens (tertiary/aromatic N) is 1. The lowest BCUT2D eigenvalue weighted by Gasteiger charge is -2.11. The van der Waals surface area contributed by atoms with Gasteiger partial charge in [0.05, 0.1) is 4.92 Å². The maximum absolute atomic E-state index is 12.0. The third-order valence-corrected chi connectivity index (χ3v) is 3.25.